The minimum atomic E-state index is -2.77. The molecule has 1 fully saturated rings. The van der Waals surface area contributed by atoms with Crippen molar-refractivity contribution in [2.45, 2.75) is 103 Å². The van der Waals surface area contributed by atoms with Crippen LogP contribution in [0.15, 0.2) is 109 Å². The molecule has 1 aliphatic heterocycles. The molecule has 4 aromatic carbocycles. The third-order valence-electron chi connectivity index (χ3n) is 10.0. The van der Waals surface area contributed by atoms with Gasteiger partial charge in [0.15, 0.2) is 19.8 Å². The first-order valence-electron chi connectivity index (χ1n) is 19.2. The molecule has 0 aromatic heterocycles. The summed E-state index contributed by atoms with van der Waals surface area (Å²) in [4.78, 5) is 44.0. The lowest BCUT2D eigenvalue weighted by Gasteiger charge is -2.47. The molecule has 2 amide bonds. The van der Waals surface area contributed by atoms with Gasteiger partial charge < -0.3 is 33.6 Å². The average molecular weight is 781 g/mol. The van der Waals surface area contributed by atoms with Crippen LogP contribution in [-0.4, -0.2) is 61.7 Å². The predicted octanol–water partition coefficient (Wildman–Crippen LogP) is 9.55. The van der Waals surface area contributed by atoms with Gasteiger partial charge in [0.05, 0.1) is 6.54 Å². The van der Waals surface area contributed by atoms with Gasteiger partial charge in [-0.2, -0.15) is 0 Å². The quantitative estimate of drug-likeness (QED) is 0.0860. The first-order chi connectivity index (χ1) is 26.5. The first-order valence-corrected chi connectivity index (χ1v) is 22.1. The van der Waals surface area contributed by atoms with Crippen molar-refractivity contribution in [3.05, 3.63) is 131 Å². The highest BCUT2D eigenvalue weighted by molar-refractivity contribution is 6.74. The van der Waals surface area contributed by atoms with Gasteiger partial charge in [-0.1, -0.05) is 106 Å². The van der Waals surface area contributed by atoms with Crippen LogP contribution in [0, 0.1) is 0 Å². The van der Waals surface area contributed by atoms with Gasteiger partial charge in [-0.3, -0.25) is 4.79 Å². The number of rotatable bonds is 12. The fourth-order valence-electron chi connectivity index (χ4n) is 6.09. The number of para-hydroxylation sites is 1. The monoisotopic (exact) mass is 780 g/mol. The van der Waals surface area contributed by atoms with E-state index in [2.05, 4.69) is 39.2 Å². The molecule has 0 aliphatic carbocycles. The van der Waals surface area contributed by atoms with Gasteiger partial charge in [-0.05, 0) is 80.7 Å². The first kappa shape index (κ1) is 42.0. The normalized spacial score (nSPS) is 17.6. The molecule has 4 aromatic rings. The third kappa shape index (κ3) is 11.0. The smallest absolute Gasteiger partial charge is 0.410 e. The summed E-state index contributed by atoms with van der Waals surface area (Å²) in [5, 5.41) is 2.82. The number of benzene rings is 4. The van der Waals surface area contributed by atoms with Crippen LogP contribution in [0.1, 0.15) is 86.2 Å². The van der Waals surface area contributed by atoms with Crippen LogP contribution < -0.4 is 14.8 Å². The molecule has 1 N–H and O–H groups in total. The largest absolute Gasteiger partial charge is 0.485 e. The number of nitrogens with one attached hydrogen (secondary N) is 1. The number of ether oxygens (including phenoxy) is 4. The summed E-state index contributed by atoms with van der Waals surface area (Å²) in [6, 6.07) is 32.3. The maximum absolute atomic E-state index is 14.9. The molecule has 1 saturated heterocycles. The number of carbonyl (C=O) groups excluding carboxylic acids is 3. The summed E-state index contributed by atoms with van der Waals surface area (Å²) < 4.78 is 32.4. The zero-order valence-corrected chi connectivity index (χ0v) is 34.9. The summed E-state index contributed by atoms with van der Waals surface area (Å²) >= 11 is 0. The van der Waals surface area contributed by atoms with Crippen molar-refractivity contribution in [1.29, 1.82) is 0 Å². The average Bonchev–Trinajstić information content (AvgIpc) is 3.31. The Bertz CT molecular complexity index is 1930. The fourth-order valence-corrected chi connectivity index (χ4v) is 7.54. The maximum Gasteiger partial charge on any atom is 0.410 e. The van der Waals surface area contributed by atoms with E-state index in [0.29, 0.717) is 24.3 Å². The zero-order chi connectivity index (χ0) is 40.6. The molecule has 0 radical (unpaired) electrons. The number of hydrogen-bond acceptors (Lipinski definition) is 8. The zero-order valence-electron chi connectivity index (χ0n) is 33.9. The molecule has 298 valence electrons. The number of amides is 2. The van der Waals surface area contributed by atoms with E-state index in [9.17, 15) is 14.4 Å². The maximum atomic E-state index is 14.9. The van der Waals surface area contributed by atoms with Gasteiger partial charge in [-0.25, -0.2) is 9.59 Å². The Morgan fingerprint density at radius 3 is 1.91 bits per heavy atom. The van der Waals surface area contributed by atoms with Crippen molar-refractivity contribution in [3.8, 4) is 11.5 Å². The van der Waals surface area contributed by atoms with E-state index in [1.807, 2.05) is 66.7 Å². The highest BCUT2D eigenvalue weighted by atomic mass is 28.4. The SMILES string of the molecule is CC(C)(C)OC(=O)N1CCC[C@@](OC(=O)c2cccc(OCc3ccccc3)c2OCc2ccccc2)(O[Si](C)(C)C(C)(C)C)[C@H](NC(=O)c2ccccc2)C1. The molecule has 5 rings (SSSR count). The minimum Gasteiger partial charge on any atom is -0.485 e. The van der Waals surface area contributed by atoms with Gasteiger partial charge >= 0.3 is 12.1 Å². The van der Waals surface area contributed by atoms with Crippen molar-refractivity contribution >= 4 is 26.3 Å². The molecule has 1 heterocycles. The number of esters is 1. The van der Waals surface area contributed by atoms with Crippen molar-refractivity contribution < 1.29 is 37.8 Å². The summed E-state index contributed by atoms with van der Waals surface area (Å²) in [5.41, 5.74) is 1.63. The summed E-state index contributed by atoms with van der Waals surface area (Å²) in [7, 11) is -2.77. The van der Waals surface area contributed by atoms with Gasteiger partial charge in [0.1, 0.15) is 30.4 Å². The topological polar surface area (TPSA) is 113 Å². The molecular formula is C45H56N2O8Si. The lowest BCUT2D eigenvalue weighted by Crippen LogP contribution is -2.64. The molecule has 11 heteroatoms. The second-order valence-corrected chi connectivity index (χ2v) is 21.4. The van der Waals surface area contributed by atoms with Crippen LogP contribution in [0.4, 0.5) is 4.79 Å². The second kappa shape index (κ2) is 17.8. The number of carbonyl (C=O) groups is 3. The molecule has 1 aliphatic rings. The van der Waals surface area contributed by atoms with E-state index >= 15 is 0 Å². The van der Waals surface area contributed by atoms with E-state index in [1.54, 1.807) is 68.1 Å². The van der Waals surface area contributed by atoms with Crippen molar-refractivity contribution in [3.63, 3.8) is 0 Å². The molecule has 10 nitrogen and oxygen atoms in total. The van der Waals surface area contributed by atoms with Crippen LogP contribution in [0.5, 0.6) is 11.5 Å². The Balaban J connectivity index is 1.59. The molecule has 0 unspecified atom stereocenters. The van der Waals surface area contributed by atoms with Crippen molar-refractivity contribution in [2.75, 3.05) is 13.1 Å². The Hall–Kier alpha value is -5.13. The van der Waals surface area contributed by atoms with E-state index in [-0.39, 0.29) is 42.5 Å². The molecule has 2 atom stereocenters. The van der Waals surface area contributed by atoms with E-state index in [1.165, 1.54) is 0 Å². The Kier molecular flexibility index (Phi) is 13.3. The third-order valence-corrected chi connectivity index (χ3v) is 14.5. The van der Waals surface area contributed by atoms with Crippen molar-refractivity contribution in [1.82, 2.24) is 10.2 Å². The highest BCUT2D eigenvalue weighted by Gasteiger charge is 2.54. The van der Waals surface area contributed by atoms with E-state index in [0.717, 1.165) is 11.1 Å². The van der Waals surface area contributed by atoms with Crippen molar-refractivity contribution in [2.24, 2.45) is 0 Å². The van der Waals surface area contributed by atoms with Gasteiger partial charge in [0, 0.05) is 18.5 Å². The molecule has 0 spiro atoms. The summed E-state index contributed by atoms with van der Waals surface area (Å²) in [6.45, 7) is 16.5. The standard InChI is InChI=1S/C45H56N2O8Si/c1-43(2,3)54-42(50)47-29-19-28-45(55-56(7,8)44(4,5)6,38(30-47)46-40(48)35-24-16-11-17-25-35)53-41(49)36-26-18-27-37(51-31-33-20-12-9-13-21-33)39(36)52-32-34-22-14-10-15-23-34/h9-18,20-27,38H,19,28-32H2,1-8H3,(H,46,48)/t38-,45-/m1/s1. The van der Waals surface area contributed by atoms with E-state index in [4.69, 9.17) is 23.4 Å². The number of nitrogens with zero attached hydrogens (tertiary/aromatic N) is 1. The Morgan fingerprint density at radius 1 is 0.768 bits per heavy atom. The van der Waals surface area contributed by atoms with Gasteiger partial charge in [0.25, 0.3) is 5.91 Å². The van der Waals surface area contributed by atoms with Crippen LogP contribution in [0.25, 0.3) is 0 Å². The lowest BCUT2D eigenvalue weighted by atomic mass is 10.0. The van der Waals surface area contributed by atoms with Crippen LogP contribution >= 0.6 is 0 Å². The van der Waals surface area contributed by atoms with E-state index < -0.39 is 43.7 Å². The molecular weight excluding hydrogens is 725 g/mol. The van der Waals surface area contributed by atoms with Gasteiger partial charge in [0.2, 0.25) is 5.79 Å². The molecule has 0 saturated carbocycles. The number of likely N-dealkylation sites (tertiary alicyclic amines) is 1. The van der Waals surface area contributed by atoms with Crippen LogP contribution in [0.3, 0.4) is 0 Å². The highest BCUT2D eigenvalue weighted by Crippen LogP contribution is 2.44. The predicted molar refractivity (Wildman–Crippen MR) is 219 cm³/mol. The Morgan fingerprint density at radius 2 is 1.34 bits per heavy atom. The second-order valence-electron chi connectivity index (χ2n) is 16.7. The molecule has 56 heavy (non-hydrogen) atoms. The number of hydrogen-bond donors (Lipinski definition) is 1. The summed E-state index contributed by atoms with van der Waals surface area (Å²) in [6.07, 6.45) is 0.0521. The lowest BCUT2D eigenvalue weighted by molar-refractivity contribution is -0.174. The van der Waals surface area contributed by atoms with Crippen LogP contribution in [0.2, 0.25) is 18.1 Å². The fraction of sp³-hybridized carbons (Fsp3) is 0.400. The summed E-state index contributed by atoms with van der Waals surface area (Å²) in [5.74, 6) is -2.23. The van der Waals surface area contributed by atoms with Crippen LogP contribution in [-0.2, 0) is 27.1 Å². The molecule has 0 bridgehead atoms. The minimum absolute atomic E-state index is 0.0347. The Labute approximate surface area is 332 Å². The van der Waals surface area contributed by atoms with Gasteiger partial charge in [-0.15, -0.1) is 0 Å².